The smallest absolute Gasteiger partial charge is 0.363 e. The van der Waals surface area contributed by atoms with Gasteiger partial charge >= 0.3 is 6.18 Å². The zero-order valence-electron chi connectivity index (χ0n) is 17.6. The summed E-state index contributed by atoms with van der Waals surface area (Å²) in [6.45, 7) is 4.37. The van der Waals surface area contributed by atoms with Crippen LogP contribution in [0, 0.1) is 0 Å². The molecule has 9 nitrogen and oxygen atoms in total. The number of aromatic nitrogens is 4. The first kappa shape index (κ1) is 23.2. The monoisotopic (exact) mass is 527 g/mol. The van der Waals surface area contributed by atoms with Crippen LogP contribution in [0.3, 0.4) is 0 Å². The predicted octanol–water partition coefficient (Wildman–Crippen LogP) is 2.28. The molecule has 0 radical (unpaired) electrons. The lowest BCUT2D eigenvalue weighted by atomic mass is 10.2. The van der Waals surface area contributed by atoms with Crippen molar-refractivity contribution in [1.29, 1.82) is 0 Å². The van der Waals surface area contributed by atoms with Crippen LogP contribution in [0.5, 0.6) is 0 Å². The Kier molecular flexibility index (Phi) is 6.43. The second kappa shape index (κ2) is 9.14. The molecule has 1 saturated heterocycles. The van der Waals surface area contributed by atoms with Gasteiger partial charge in [0.15, 0.2) is 0 Å². The summed E-state index contributed by atoms with van der Waals surface area (Å²) in [7, 11) is 0. The lowest BCUT2D eigenvalue weighted by molar-refractivity contribution is -0.137. The molecule has 0 unspecified atom stereocenters. The van der Waals surface area contributed by atoms with E-state index in [9.17, 15) is 22.8 Å². The molecule has 3 aromatic rings. The minimum Gasteiger partial charge on any atom is -0.363 e. The number of rotatable bonds is 5. The van der Waals surface area contributed by atoms with Crippen molar-refractivity contribution in [1.82, 2.24) is 24.5 Å². The van der Waals surface area contributed by atoms with E-state index in [4.69, 9.17) is 0 Å². The van der Waals surface area contributed by atoms with E-state index in [0.717, 1.165) is 29.7 Å². The molecule has 0 saturated carbocycles. The molecular weight excluding hydrogens is 507 g/mol. The van der Waals surface area contributed by atoms with Crippen molar-refractivity contribution < 1.29 is 18.0 Å². The number of hydrogen-bond acceptors (Lipinski definition) is 6. The number of alkyl halides is 3. The highest BCUT2D eigenvalue weighted by Crippen LogP contribution is 2.30. The van der Waals surface area contributed by atoms with Gasteiger partial charge in [0, 0.05) is 31.9 Å². The van der Waals surface area contributed by atoms with Gasteiger partial charge in [-0.3, -0.25) is 9.59 Å². The second-order valence-electron chi connectivity index (χ2n) is 7.49. The summed E-state index contributed by atoms with van der Waals surface area (Å²) < 4.78 is 41.3. The van der Waals surface area contributed by atoms with Crippen LogP contribution >= 0.6 is 15.9 Å². The van der Waals surface area contributed by atoms with Crippen molar-refractivity contribution in [3.8, 4) is 0 Å². The van der Waals surface area contributed by atoms with Gasteiger partial charge in [-0.2, -0.15) is 22.7 Å². The number of anilines is 2. The lowest BCUT2D eigenvalue weighted by Gasteiger charge is -2.31. The number of nitrogens with zero attached hydrogens (tertiary/aromatic N) is 5. The molecule has 13 heteroatoms. The fourth-order valence-electron chi connectivity index (χ4n) is 3.88. The first-order chi connectivity index (χ1) is 15.7. The Morgan fingerprint density at radius 3 is 2.48 bits per heavy atom. The number of carbonyl (C=O) groups excluding carboxylic acids is 1. The number of fused-ring (bicyclic) bond motifs is 1. The summed E-state index contributed by atoms with van der Waals surface area (Å²) in [5.74, 6) is -0.273. The normalized spacial score (nSPS) is 14.6. The maximum Gasteiger partial charge on any atom is 0.416 e. The number of nitrogens with one attached hydrogen (secondary N) is 2. The highest BCUT2D eigenvalue weighted by molar-refractivity contribution is 9.10. The molecule has 1 aliphatic rings. The number of piperazine rings is 1. The quantitative estimate of drug-likeness (QED) is 0.528. The average Bonchev–Trinajstić information content (AvgIpc) is 3.17. The molecule has 3 heterocycles. The summed E-state index contributed by atoms with van der Waals surface area (Å²) in [5.41, 5.74) is 0.211. The number of amides is 1. The van der Waals surface area contributed by atoms with E-state index in [-0.39, 0.29) is 28.3 Å². The van der Waals surface area contributed by atoms with Crippen LogP contribution in [0.15, 0.2) is 33.8 Å². The molecule has 1 fully saturated rings. The maximum absolute atomic E-state index is 13.2. The van der Waals surface area contributed by atoms with E-state index in [1.54, 1.807) is 4.57 Å². The van der Waals surface area contributed by atoms with Gasteiger partial charge in [0.05, 0.1) is 11.3 Å². The third-order valence-corrected chi connectivity index (χ3v) is 5.70. The van der Waals surface area contributed by atoms with Crippen molar-refractivity contribution in [2.45, 2.75) is 26.1 Å². The van der Waals surface area contributed by atoms with Gasteiger partial charge in [-0.1, -0.05) is 6.92 Å². The fraction of sp³-hybridized carbons (Fsp3) is 0.400. The van der Waals surface area contributed by atoms with Crippen LogP contribution in [0.1, 0.15) is 18.2 Å². The lowest BCUT2D eigenvalue weighted by Crippen LogP contribution is -2.47. The van der Waals surface area contributed by atoms with Gasteiger partial charge < -0.3 is 20.1 Å². The Morgan fingerprint density at radius 2 is 1.88 bits per heavy atom. The van der Waals surface area contributed by atoms with E-state index < -0.39 is 17.6 Å². The SMILES string of the molecule is CCc1c(N2CCNCC2)c(=O)n2nc(Br)nc2n1CC(=O)Nc1ccc(C(F)(F)F)cc1. The molecule has 0 bridgehead atoms. The third kappa shape index (κ3) is 4.74. The Balaban J connectivity index is 1.69. The number of benzene rings is 1. The molecule has 1 aliphatic heterocycles. The van der Waals surface area contributed by atoms with E-state index >= 15 is 0 Å². The van der Waals surface area contributed by atoms with Gasteiger partial charge in [-0.05, 0) is 46.6 Å². The van der Waals surface area contributed by atoms with Crippen LogP contribution in [-0.2, 0) is 23.9 Å². The first-order valence-corrected chi connectivity index (χ1v) is 11.1. The van der Waals surface area contributed by atoms with Crippen molar-refractivity contribution in [2.24, 2.45) is 0 Å². The van der Waals surface area contributed by atoms with Gasteiger partial charge in [-0.25, -0.2) is 0 Å². The first-order valence-electron chi connectivity index (χ1n) is 10.3. The predicted molar refractivity (Wildman–Crippen MR) is 119 cm³/mol. The molecule has 1 amide bonds. The Morgan fingerprint density at radius 1 is 1.21 bits per heavy atom. The molecule has 2 N–H and O–H groups in total. The van der Waals surface area contributed by atoms with Crippen molar-refractivity contribution in [3.63, 3.8) is 0 Å². The van der Waals surface area contributed by atoms with Crippen molar-refractivity contribution in [2.75, 3.05) is 36.4 Å². The van der Waals surface area contributed by atoms with Crippen molar-refractivity contribution >= 4 is 39.0 Å². The maximum atomic E-state index is 13.2. The Hall–Kier alpha value is -2.93. The average molecular weight is 528 g/mol. The number of halogens is 4. The third-order valence-electron chi connectivity index (χ3n) is 5.37. The highest BCUT2D eigenvalue weighted by atomic mass is 79.9. The summed E-state index contributed by atoms with van der Waals surface area (Å²) in [4.78, 5) is 32.3. The zero-order valence-corrected chi connectivity index (χ0v) is 19.2. The van der Waals surface area contributed by atoms with Gasteiger partial charge in [0.2, 0.25) is 16.4 Å². The molecule has 1 aromatic carbocycles. The largest absolute Gasteiger partial charge is 0.416 e. The summed E-state index contributed by atoms with van der Waals surface area (Å²) >= 11 is 3.19. The molecule has 4 rings (SSSR count). The van der Waals surface area contributed by atoms with Gasteiger partial charge in [-0.15, -0.1) is 5.10 Å². The van der Waals surface area contributed by atoms with E-state index in [2.05, 4.69) is 36.6 Å². The van der Waals surface area contributed by atoms with Gasteiger partial charge in [0.1, 0.15) is 12.2 Å². The van der Waals surface area contributed by atoms with Crippen LogP contribution in [0.4, 0.5) is 24.5 Å². The summed E-state index contributed by atoms with van der Waals surface area (Å²) in [6.07, 6.45) is -4.00. The Labute approximate surface area is 194 Å². The molecule has 0 spiro atoms. The van der Waals surface area contributed by atoms with E-state index in [0.29, 0.717) is 30.9 Å². The molecule has 2 aromatic heterocycles. The molecular formula is C20H21BrF3N7O2. The molecule has 33 heavy (non-hydrogen) atoms. The molecule has 176 valence electrons. The van der Waals surface area contributed by atoms with E-state index in [1.807, 2.05) is 11.8 Å². The van der Waals surface area contributed by atoms with Crippen molar-refractivity contribution in [3.05, 3.63) is 50.6 Å². The zero-order chi connectivity index (χ0) is 23.8. The van der Waals surface area contributed by atoms with Crippen LogP contribution in [-0.4, -0.2) is 51.3 Å². The Bertz CT molecular complexity index is 1230. The summed E-state index contributed by atoms with van der Waals surface area (Å²) in [5, 5.41) is 9.99. The topological polar surface area (TPSA) is 96.6 Å². The standard InChI is InChI=1S/C20H21BrF3N7O2/c1-2-14-16(29-9-7-25-8-10-29)17(33)31-19(27-18(21)28-31)30(14)11-15(32)26-13-5-3-12(4-6-13)20(22,23)24/h3-6,25H,2,7-11H2,1H3,(H,26,32). The number of carbonyl (C=O) groups is 1. The van der Waals surface area contributed by atoms with Crippen LogP contribution < -0.4 is 21.1 Å². The van der Waals surface area contributed by atoms with Crippen LogP contribution in [0.25, 0.3) is 5.78 Å². The van der Waals surface area contributed by atoms with Crippen LogP contribution in [0.2, 0.25) is 0 Å². The van der Waals surface area contributed by atoms with E-state index in [1.165, 1.54) is 12.1 Å². The molecule has 0 atom stereocenters. The fourth-order valence-corrected chi connectivity index (χ4v) is 4.20. The second-order valence-corrected chi connectivity index (χ2v) is 8.20. The highest BCUT2D eigenvalue weighted by Gasteiger charge is 2.30. The minimum atomic E-state index is -4.46. The number of hydrogen-bond donors (Lipinski definition) is 2. The minimum absolute atomic E-state index is 0.196. The summed E-state index contributed by atoms with van der Waals surface area (Å²) in [6, 6.07) is 4.20. The molecule has 0 aliphatic carbocycles. The van der Waals surface area contributed by atoms with Gasteiger partial charge in [0.25, 0.3) is 5.56 Å².